The number of anilines is 6. The first-order valence-corrected chi connectivity index (χ1v) is 12.1. The monoisotopic (exact) mass is 499 g/mol. The lowest BCUT2D eigenvalue weighted by atomic mass is 10.1. The Hall–Kier alpha value is -4.60. The van der Waals surface area contributed by atoms with Crippen LogP contribution in [0.2, 0.25) is 0 Å². The zero-order valence-electron chi connectivity index (χ0n) is 20.8. The summed E-state index contributed by atoms with van der Waals surface area (Å²) in [6.45, 7) is 9.70. The molecular weight excluding hydrogens is 470 g/mol. The van der Waals surface area contributed by atoms with Crippen LogP contribution in [0.3, 0.4) is 0 Å². The van der Waals surface area contributed by atoms with Crippen molar-refractivity contribution in [2.75, 3.05) is 47.1 Å². The summed E-state index contributed by atoms with van der Waals surface area (Å²) in [6, 6.07) is 13.5. The molecule has 2 aliphatic rings. The minimum absolute atomic E-state index is 0.101. The second-order valence-electron chi connectivity index (χ2n) is 9.06. The van der Waals surface area contributed by atoms with E-state index in [1.807, 2.05) is 48.2 Å². The van der Waals surface area contributed by atoms with Crippen LogP contribution in [0.5, 0.6) is 5.75 Å². The molecule has 0 bridgehead atoms. The molecule has 10 heteroatoms. The van der Waals surface area contributed by atoms with Crippen molar-refractivity contribution in [3.05, 3.63) is 66.9 Å². The van der Waals surface area contributed by atoms with Gasteiger partial charge in [-0.15, -0.1) is 0 Å². The number of aromatic nitrogens is 2. The van der Waals surface area contributed by atoms with Gasteiger partial charge >= 0.3 is 0 Å². The zero-order chi connectivity index (χ0) is 25.9. The molecule has 1 fully saturated rings. The summed E-state index contributed by atoms with van der Waals surface area (Å²) in [6.07, 6.45) is 2.97. The van der Waals surface area contributed by atoms with Crippen LogP contribution in [-0.2, 0) is 9.59 Å². The molecule has 190 valence electrons. The van der Waals surface area contributed by atoms with Crippen molar-refractivity contribution < 1.29 is 14.3 Å². The fourth-order valence-electron chi connectivity index (χ4n) is 4.49. The molecule has 5 rings (SSSR count). The third-order valence-electron chi connectivity index (χ3n) is 6.43. The average molecular weight is 500 g/mol. The van der Waals surface area contributed by atoms with Crippen LogP contribution in [0.4, 0.5) is 34.5 Å². The van der Waals surface area contributed by atoms with E-state index in [-0.39, 0.29) is 17.9 Å². The third-order valence-corrected chi connectivity index (χ3v) is 6.43. The van der Waals surface area contributed by atoms with E-state index in [4.69, 9.17) is 4.74 Å². The van der Waals surface area contributed by atoms with E-state index in [2.05, 4.69) is 37.4 Å². The van der Waals surface area contributed by atoms with Crippen molar-refractivity contribution in [1.82, 2.24) is 14.9 Å². The summed E-state index contributed by atoms with van der Waals surface area (Å²) in [5.74, 6) is 1.70. The van der Waals surface area contributed by atoms with Gasteiger partial charge in [-0.3, -0.25) is 9.59 Å². The van der Waals surface area contributed by atoms with Crippen molar-refractivity contribution in [1.29, 1.82) is 0 Å². The molecule has 10 nitrogen and oxygen atoms in total. The lowest BCUT2D eigenvalue weighted by Crippen LogP contribution is -2.58. The summed E-state index contributed by atoms with van der Waals surface area (Å²) in [4.78, 5) is 36.7. The maximum Gasteiger partial charge on any atom is 0.247 e. The summed E-state index contributed by atoms with van der Waals surface area (Å²) < 4.78 is 6.06. The second-order valence-corrected chi connectivity index (χ2v) is 9.06. The first-order chi connectivity index (χ1) is 17.9. The van der Waals surface area contributed by atoms with E-state index < -0.39 is 0 Å². The summed E-state index contributed by atoms with van der Waals surface area (Å²) >= 11 is 0. The van der Waals surface area contributed by atoms with E-state index >= 15 is 0 Å². The van der Waals surface area contributed by atoms with Gasteiger partial charge in [0.15, 0.2) is 0 Å². The average Bonchev–Trinajstić information content (AvgIpc) is 2.90. The van der Waals surface area contributed by atoms with Crippen molar-refractivity contribution >= 4 is 46.3 Å². The molecule has 1 saturated heterocycles. The molecule has 1 atom stereocenters. The Kier molecular flexibility index (Phi) is 6.63. The van der Waals surface area contributed by atoms with Crippen molar-refractivity contribution in [2.45, 2.75) is 19.9 Å². The maximum atomic E-state index is 11.8. The highest BCUT2D eigenvalue weighted by Crippen LogP contribution is 2.38. The topological polar surface area (TPSA) is 112 Å². The highest BCUT2D eigenvalue weighted by molar-refractivity contribution is 5.99. The number of benzene rings is 2. The van der Waals surface area contributed by atoms with Gasteiger partial charge in [-0.05, 0) is 43.3 Å². The van der Waals surface area contributed by atoms with Gasteiger partial charge in [-0.25, -0.2) is 4.98 Å². The summed E-state index contributed by atoms with van der Waals surface area (Å²) in [5, 5.41) is 9.31. The fraction of sp³-hybridized carbons (Fsp3) is 0.259. The lowest BCUT2D eigenvalue weighted by molar-refractivity contribution is -0.129. The zero-order valence-corrected chi connectivity index (χ0v) is 20.8. The number of amides is 2. The molecule has 0 spiro atoms. The summed E-state index contributed by atoms with van der Waals surface area (Å²) in [7, 11) is 0. The molecule has 0 saturated carbocycles. The number of carbonyl (C=O) groups is 2. The number of carbonyl (C=O) groups excluding carboxylic acids is 2. The molecule has 0 unspecified atom stereocenters. The molecule has 2 aliphatic heterocycles. The van der Waals surface area contributed by atoms with Gasteiger partial charge in [0.05, 0.1) is 11.7 Å². The molecule has 0 aliphatic carbocycles. The minimum atomic E-state index is -0.273. The Balaban J connectivity index is 1.30. The van der Waals surface area contributed by atoms with Crippen molar-refractivity contribution in [3.8, 4) is 5.75 Å². The highest BCUT2D eigenvalue weighted by atomic mass is 16.5. The van der Waals surface area contributed by atoms with Gasteiger partial charge < -0.3 is 30.5 Å². The van der Waals surface area contributed by atoms with Crippen LogP contribution in [0.25, 0.3) is 0 Å². The van der Waals surface area contributed by atoms with E-state index in [1.165, 1.54) is 6.08 Å². The highest BCUT2D eigenvalue weighted by Gasteiger charge is 2.33. The van der Waals surface area contributed by atoms with E-state index in [0.29, 0.717) is 37.1 Å². The number of piperazine rings is 1. The van der Waals surface area contributed by atoms with Gasteiger partial charge in [0, 0.05) is 61.4 Å². The molecule has 1 aromatic heterocycles. The number of hydrogen-bond acceptors (Lipinski definition) is 8. The number of rotatable bonds is 6. The number of fused-ring (bicyclic) bond motifs is 3. The molecule has 3 N–H and O–H groups in total. The largest absolute Gasteiger partial charge is 0.489 e. The molecule has 37 heavy (non-hydrogen) atoms. The Labute approximate surface area is 215 Å². The van der Waals surface area contributed by atoms with Crippen LogP contribution in [0, 0.1) is 6.92 Å². The lowest BCUT2D eigenvalue weighted by Gasteiger charge is -2.45. The van der Waals surface area contributed by atoms with Crippen molar-refractivity contribution in [3.63, 3.8) is 0 Å². The quantitative estimate of drug-likeness (QED) is 0.439. The minimum Gasteiger partial charge on any atom is -0.489 e. The number of nitrogens with zero attached hydrogens (tertiary/aromatic N) is 4. The van der Waals surface area contributed by atoms with E-state index in [1.54, 1.807) is 19.2 Å². The Morgan fingerprint density at radius 3 is 2.73 bits per heavy atom. The molecule has 2 aromatic carbocycles. The number of nitrogens with one attached hydrogen (secondary N) is 3. The van der Waals surface area contributed by atoms with Crippen LogP contribution in [0.1, 0.15) is 12.5 Å². The smallest absolute Gasteiger partial charge is 0.247 e. The normalized spacial score (nSPS) is 16.1. The fourth-order valence-corrected chi connectivity index (χ4v) is 4.49. The third kappa shape index (κ3) is 5.32. The second kappa shape index (κ2) is 10.2. The Morgan fingerprint density at radius 2 is 1.92 bits per heavy atom. The van der Waals surface area contributed by atoms with Crippen molar-refractivity contribution in [2.24, 2.45) is 0 Å². The number of ether oxygens (including phenoxy) is 1. The molecular formula is C27H29N7O3. The van der Waals surface area contributed by atoms with Gasteiger partial charge in [-0.1, -0.05) is 12.6 Å². The standard InChI is InChI=1S/C27H29N7O3/c1-4-25(36)29-19-6-5-7-20(12-19)30-26-17(2)14-28-27(32-26)31-21-8-9-23-24(13-21)37-16-22-15-33(18(3)35)10-11-34(22)23/h4-9,12-14,22H,1,10-11,15-16H2,2-3H3,(H,29,36)(H2,28,30,31,32)/t22-/m0/s1. The SMILES string of the molecule is C=CC(=O)Nc1cccc(Nc2nc(Nc3ccc4c(c3)OC[C@@H]3CN(C(C)=O)CCN43)ncc2C)c1. The van der Waals surface area contributed by atoms with E-state index in [0.717, 1.165) is 34.9 Å². The number of aryl methyl sites for hydroxylation is 1. The van der Waals surface area contributed by atoms with Crippen LogP contribution in [0.15, 0.2) is 61.3 Å². The van der Waals surface area contributed by atoms with Gasteiger partial charge in [0.25, 0.3) is 0 Å². The number of hydrogen-bond donors (Lipinski definition) is 3. The molecule has 0 radical (unpaired) electrons. The Morgan fingerprint density at radius 1 is 1.11 bits per heavy atom. The first kappa shape index (κ1) is 24.1. The van der Waals surface area contributed by atoms with Crippen LogP contribution < -0.4 is 25.6 Å². The van der Waals surface area contributed by atoms with Crippen LogP contribution >= 0.6 is 0 Å². The van der Waals surface area contributed by atoms with Gasteiger partial charge in [0.1, 0.15) is 18.2 Å². The molecule has 3 heterocycles. The van der Waals surface area contributed by atoms with Gasteiger partial charge in [-0.2, -0.15) is 4.98 Å². The summed E-state index contributed by atoms with van der Waals surface area (Å²) in [5.41, 5.74) is 4.13. The maximum absolute atomic E-state index is 11.8. The van der Waals surface area contributed by atoms with E-state index in [9.17, 15) is 9.59 Å². The first-order valence-electron chi connectivity index (χ1n) is 12.1. The molecule has 3 aromatic rings. The Bertz CT molecular complexity index is 1360. The van der Waals surface area contributed by atoms with Crippen LogP contribution in [-0.4, -0.2) is 59.0 Å². The predicted molar refractivity (Wildman–Crippen MR) is 144 cm³/mol. The van der Waals surface area contributed by atoms with Gasteiger partial charge in [0.2, 0.25) is 17.8 Å². The predicted octanol–water partition coefficient (Wildman–Crippen LogP) is 3.83. The molecule has 2 amide bonds.